The Morgan fingerprint density at radius 2 is 1.96 bits per heavy atom. The van der Waals surface area contributed by atoms with E-state index in [4.69, 9.17) is 0 Å². The van der Waals surface area contributed by atoms with Crippen LogP contribution in [0, 0.1) is 22.3 Å². The second kappa shape index (κ2) is 9.02. The molecule has 2 rings (SSSR count). The first-order chi connectivity index (χ1) is 11.0. The topological polar surface area (TPSA) is 32.3 Å². The molecule has 4 heteroatoms. The van der Waals surface area contributed by atoms with Crippen molar-refractivity contribution in [2.24, 2.45) is 11.8 Å². The van der Waals surface area contributed by atoms with Gasteiger partial charge in [0.25, 0.3) is 5.91 Å². The number of halogens is 1. The van der Waals surface area contributed by atoms with Crippen molar-refractivity contribution < 1.29 is 4.79 Å². The summed E-state index contributed by atoms with van der Waals surface area (Å²) < 4.78 is 1.05. The first-order valence-electron chi connectivity index (χ1n) is 8.73. The van der Waals surface area contributed by atoms with Crippen LogP contribution in [0.5, 0.6) is 0 Å². The zero-order valence-corrected chi connectivity index (χ0v) is 16.7. The van der Waals surface area contributed by atoms with Gasteiger partial charge in [-0.05, 0) is 78.8 Å². The zero-order valence-electron chi connectivity index (χ0n) is 14.6. The number of unbranched alkanes of at least 4 members (excludes halogenated alkanes) is 1. The van der Waals surface area contributed by atoms with Crippen LogP contribution in [0.25, 0.3) is 0 Å². The van der Waals surface area contributed by atoms with Crippen LogP contribution in [0.4, 0.5) is 0 Å². The van der Waals surface area contributed by atoms with Crippen LogP contribution in [0.1, 0.15) is 49.0 Å². The Morgan fingerprint density at radius 1 is 1.26 bits per heavy atom. The lowest BCUT2D eigenvalue weighted by Gasteiger charge is -2.34. The number of piperidine rings is 1. The summed E-state index contributed by atoms with van der Waals surface area (Å²) in [6, 6.07) is 5.89. The molecule has 1 saturated heterocycles. The minimum Gasteiger partial charge on any atom is -0.352 e. The summed E-state index contributed by atoms with van der Waals surface area (Å²) in [6.45, 7) is 11.1. The molecule has 1 aliphatic heterocycles. The minimum absolute atomic E-state index is 0.0540. The Kier molecular flexibility index (Phi) is 7.34. The standard InChI is InChI=1S/C19H29IN2O/c1-14-11-15(2)13-22(12-14)10-5-4-9-21-19(23)17-8-6-7-16(3)18(17)20/h6-8,14-15H,4-5,9-13H2,1-3H3,(H,21,23). The van der Waals surface area contributed by atoms with Crippen molar-refractivity contribution in [2.45, 2.75) is 40.0 Å². The molecule has 1 aromatic carbocycles. The lowest BCUT2D eigenvalue weighted by atomic mass is 9.92. The number of nitrogens with zero attached hydrogens (tertiary/aromatic N) is 1. The molecule has 1 aliphatic rings. The number of benzene rings is 1. The highest BCUT2D eigenvalue weighted by molar-refractivity contribution is 14.1. The molecule has 0 radical (unpaired) electrons. The predicted octanol–water partition coefficient (Wildman–Crippen LogP) is 4.09. The Balaban J connectivity index is 1.67. The van der Waals surface area contributed by atoms with Crippen molar-refractivity contribution in [3.8, 4) is 0 Å². The monoisotopic (exact) mass is 428 g/mol. The third-order valence-corrected chi connectivity index (χ3v) is 6.00. The average Bonchev–Trinajstić information content (AvgIpc) is 2.48. The molecule has 1 fully saturated rings. The molecule has 0 saturated carbocycles. The van der Waals surface area contributed by atoms with Crippen LogP contribution in [-0.2, 0) is 0 Å². The highest BCUT2D eigenvalue weighted by Gasteiger charge is 2.21. The van der Waals surface area contributed by atoms with Crippen LogP contribution in [0.2, 0.25) is 0 Å². The first kappa shape index (κ1) is 18.7. The molecule has 1 N–H and O–H groups in total. The molecule has 0 bridgehead atoms. The van der Waals surface area contributed by atoms with Crippen molar-refractivity contribution >= 4 is 28.5 Å². The van der Waals surface area contributed by atoms with Gasteiger partial charge in [-0.1, -0.05) is 26.0 Å². The number of amides is 1. The van der Waals surface area contributed by atoms with Gasteiger partial charge in [0, 0.05) is 23.2 Å². The highest BCUT2D eigenvalue weighted by atomic mass is 127. The molecule has 1 aromatic rings. The van der Waals surface area contributed by atoms with Crippen LogP contribution >= 0.6 is 22.6 Å². The van der Waals surface area contributed by atoms with Gasteiger partial charge in [-0.2, -0.15) is 0 Å². The van der Waals surface area contributed by atoms with Crippen LogP contribution < -0.4 is 5.32 Å². The van der Waals surface area contributed by atoms with Crippen molar-refractivity contribution in [2.75, 3.05) is 26.2 Å². The number of carbonyl (C=O) groups excluding carboxylic acids is 1. The summed E-state index contributed by atoms with van der Waals surface area (Å²) >= 11 is 2.25. The fourth-order valence-corrected chi connectivity index (χ4v) is 4.16. The van der Waals surface area contributed by atoms with Crippen LogP contribution in [0.3, 0.4) is 0 Å². The lowest BCUT2D eigenvalue weighted by Crippen LogP contribution is -2.39. The molecular formula is C19H29IN2O. The number of nitrogens with one attached hydrogen (secondary N) is 1. The van der Waals surface area contributed by atoms with E-state index in [2.05, 4.69) is 46.7 Å². The maximum absolute atomic E-state index is 12.2. The molecule has 0 spiro atoms. The number of likely N-dealkylation sites (tertiary alicyclic amines) is 1. The molecule has 128 valence electrons. The van der Waals surface area contributed by atoms with E-state index in [0.717, 1.165) is 52.5 Å². The molecular weight excluding hydrogens is 399 g/mol. The Bertz CT molecular complexity index is 522. The number of aryl methyl sites for hydroxylation is 1. The summed E-state index contributed by atoms with van der Waals surface area (Å²) in [5.74, 6) is 1.70. The van der Waals surface area contributed by atoms with E-state index in [1.807, 2.05) is 25.1 Å². The van der Waals surface area contributed by atoms with E-state index in [0.29, 0.717) is 0 Å². The maximum Gasteiger partial charge on any atom is 0.252 e. The summed E-state index contributed by atoms with van der Waals surface area (Å²) in [5.41, 5.74) is 1.95. The van der Waals surface area contributed by atoms with Gasteiger partial charge in [0.1, 0.15) is 0 Å². The van der Waals surface area contributed by atoms with Gasteiger partial charge in [-0.15, -0.1) is 0 Å². The van der Waals surface area contributed by atoms with Crippen LogP contribution in [-0.4, -0.2) is 37.0 Å². The molecule has 3 nitrogen and oxygen atoms in total. The minimum atomic E-state index is 0.0540. The summed E-state index contributed by atoms with van der Waals surface area (Å²) in [7, 11) is 0. The number of hydrogen-bond donors (Lipinski definition) is 1. The van der Waals surface area contributed by atoms with Crippen LogP contribution in [0.15, 0.2) is 18.2 Å². The third kappa shape index (κ3) is 5.75. The largest absolute Gasteiger partial charge is 0.352 e. The molecule has 2 unspecified atom stereocenters. The Morgan fingerprint density at radius 3 is 2.65 bits per heavy atom. The van der Waals surface area contributed by atoms with Gasteiger partial charge in [0.05, 0.1) is 5.56 Å². The molecule has 23 heavy (non-hydrogen) atoms. The third-order valence-electron chi connectivity index (χ3n) is 4.57. The number of hydrogen-bond acceptors (Lipinski definition) is 2. The normalized spacial score (nSPS) is 22.1. The quantitative estimate of drug-likeness (QED) is 0.547. The van der Waals surface area contributed by atoms with E-state index in [-0.39, 0.29) is 5.91 Å². The number of rotatable bonds is 6. The Labute approximate surface area is 154 Å². The van der Waals surface area contributed by atoms with Gasteiger partial charge in [0.2, 0.25) is 0 Å². The van der Waals surface area contributed by atoms with E-state index in [1.165, 1.54) is 19.5 Å². The fraction of sp³-hybridized carbons (Fsp3) is 0.632. The van der Waals surface area contributed by atoms with Gasteiger partial charge < -0.3 is 10.2 Å². The summed E-state index contributed by atoms with van der Waals surface area (Å²) in [5, 5.41) is 3.06. The van der Waals surface area contributed by atoms with E-state index in [1.54, 1.807) is 0 Å². The highest BCUT2D eigenvalue weighted by Crippen LogP contribution is 2.21. The predicted molar refractivity (Wildman–Crippen MR) is 105 cm³/mol. The van der Waals surface area contributed by atoms with Crippen molar-refractivity contribution in [1.29, 1.82) is 0 Å². The first-order valence-corrected chi connectivity index (χ1v) is 9.81. The lowest BCUT2D eigenvalue weighted by molar-refractivity contribution is 0.0950. The second-order valence-corrected chi connectivity index (χ2v) is 8.18. The van der Waals surface area contributed by atoms with E-state index < -0.39 is 0 Å². The van der Waals surface area contributed by atoms with Gasteiger partial charge >= 0.3 is 0 Å². The molecule has 1 amide bonds. The Hall–Kier alpha value is -0.620. The molecule has 2 atom stereocenters. The SMILES string of the molecule is Cc1cccc(C(=O)NCCCCN2CC(C)CC(C)C2)c1I. The molecule has 0 aliphatic carbocycles. The fourth-order valence-electron chi connectivity index (χ4n) is 3.55. The van der Waals surface area contributed by atoms with Gasteiger partial charge in [0.15, 0.2) is 0 Å². The van der Waals surface area contributed by atoms with Crippen molar-refractivity contribution in [3.05, 3.63) is 32.9 Å². The second-order valence-electron chi connectivity index (χ2n) is 7.11. The average molecular weight is 428 g/mol. The zero-order chi connectivity index (χ0) is 16.8. The molecule has 1 heterocycles. The summed E-state index contributed by atoms with van der Waals surface area (Å²) in [4.78, 5) is 14.8. The summed E-state index contributed by atoms with van der Waals surface area (Å²) in [6.07, 6.45) is 3.57. The van der Waals surface area contributed by atoms with Gasteiger partial charge in [-0.25, -0.2) is 0 Å². The number of carbonyl (C=O) groups is 1. The van der Waals surface area contributed by atoms with Crippen molar-refractivity contribution in [3.63, 3.8) is 0 Å². The van der Waals surface area contributed by atoms with E-state index in [9.17, 15) is 4.79 Å². The smallest absolute Gasteiger partial charge is 0.252 e. The molecule has 0 aromatic heterocycles. The van der Waals surface area contributed by atoms with Crippen molar-refractivity contribution in [1.82, 2.24) is 10.2 Å². The van der Waals surface area contributed by atoms with E-state index >= 15 is 0 Å². The van der Waals surface area contributed by atoms with Gasteiger partial charge in [-0.3, -0.25) is 4.79 Å². The maximum atomic E-state index is 12.2.